The monoisotopic (exact) mass is 387 g/mol. The molecule has 3 aromatic rings. The summed E-state index contributed by atoms with van der Waals surface area (Å²) in [6, 6.07) is 21.1. The smallest absolute Gasteiger partial charge is 0.161 e. The Balaban J connectivity index is 1.67. The minimum absolute atomic E-state index is 0.382. The van der Waals surface area contributed by atoms with Crippen molar-refractivity contribution in [3.63, 3.8) is 0 Å². The predicted octanol–water partition coefficient (Wildman–Crippen LogP) is 6.19. The number of methoxy groups -OCH3 is 1. The molecule has 134 valence electrons. The number of rotatable bonds is 7. The third kappa shape index (κ3) is 4.63. The Morgan fingerprint density at radius 2 is 1.58 bits per heavy atom. The van der Waals surface area contributed by atoms with Crippen LogP contribution in [0.2, 0.25) is 10.0 Å². The van der Waals surface area contributed by atoms with E-state index < -0.39 is 0 Å². The Kier molecular flexibility index (Phi) is 6.26. The number of para-hydroxylation sites is 1. The summed E-state index contributed by atoms with van der Waals surface area (Å²) in [4.78, 5) is 0. The van der Waals surface area contributed by atoms with Crippen molar-refractivity contribution in [1.29, 1.82) is 0 Å². The molecule has 0 bridgehead atoms. The van der Waals surface area contributed by atoms with Crippen molar-refractivity contribution < 1.29 is 9.47 Å². The molecule has 0 atom stereocenters. The molecule has 0 unspecified atom stereocenters. The first-order chi connectivity index (χ1) is 12.7. The molecule has 0 aliphatic heterocycles. The maximum absolute atomic E-state index is 6.17. The quantitative estimate of drug-likeness (QED) is 0.523. The zero-order chi connectivity index (χ0) is 18.4. The fraction of sp³-hybridized carbons (Fsp3) is 0.143. The standard InChI is InChI=1S/C21H19Cl2NO2/c1-25-21-12-15(13-24-19-9-5-4-8-18(19)23)10-11-20(21)26-14-16-6-2-3-7-17(16)22/h2-12,24H,13-14H2,1H3. The van der Waals surface area contributed by atoms with Crippen LogP contribution in [0.5, 0.6) is 11.5 Å². The third-order valence-electron chi connectivity index (χ3n) is 3.93. The highest BCUT2D eigenvalue weighted by Crippen LogP contribution is 2.30. The zero-order valence-electron chi connectivity index (χ0n) is 14.3. The van der Waals surface area contributed by atoms with Gasteiger partial charge in [-0.05, 0) is 35.9 Å². The summed E-state index contributed by atoms with van der Waals surface area (Å²) in [5.41, 5.74) is 2.89. The molecule has 0 fully saturated rings. The molecule has 0 heterocycles. The van der Waals surface area contributed by atoms with Crippen molar-refractivity contribution in [2.24, 2.45) is 0 Å². The number of hydrogen-bond acceptors (Lipinski definition) is 3. The summed E-state index contributed by atoms with van der Waals surface area (Å²) >= 11 is 12.3. The van der Waals surface area contributed by atoms with Crippen LogP contribution in [-0.4, -0.2) is 7.11 Å². The van der Waals surface area contributed by atoms with Crippen molar-refractivity contribution in [2.45, 2.75) is 13.2 Å². The maximum Gasteiger partial charge on any atom is 0.161 e. The number of nitrogens with one attached hydrogen (secondary N) is 1. The minimum atomic E-state index is 0.382. The van der Waals surface area contributed by atoms with Crippen molar-refractivity contribution in [1.82, 2.24) is 0 Å². The first-order valence-corrected chi connectivity index (χ1v) is 8.94. The topological polar surface area (TPSA) is 30.5 Å². The van der Waals surface area contributed by atoms with E-state index in [2.05, 4.69) is 5.32 Å². The summed E-state index contributed by atoms with van der Waals surface area (Å²) in [6.07, 6.45) is 0. The van der Waals surface area contributed by atoms with Gasteiger partial charge in [-0.3, -0.25) is 0 Å². The van der Waals surface area contributed by atoms with Crippen LogP contribution in [0.1, 0.15) is 11.1 Å². The van der Waals surface area contributed by atoms with Crippen LogP contribution in [0.4, 0.5) is 5.69 Å². The van der Waals surface area contributed by atoms with Gasteiger partial charge in [0.2, 0.25) is 0 Å². The van der Waals surface area contributed by atoms with Gasteiger partial charge in [0.05, 0.1) is 17.8 Å². The van der Waals surface area contributed by atoms with Crippen molar-refractivity contribution in [2.75, 3.05) is 12.4 Å². The Morgan fingerprint density at radius 1 is 0.846 bits per heavy atom. The SMILES string of the molecule is COc1cc(CNc2ccccc2Cl)ccc1OCc1ccccc1Cl. The Morgan fingerprint density at radius 3 is 2.31 bits per heavy atom. The van der Waals surface area contributed by atoms with E-state index in [0.717, 1.165) is 16.8 Å². The maximum atomic E-state index is 6.17. The van der Waals surface area contributed by atoms with Crippen LogP contribution in [0.25, 0.3) is 0 Å². The summed E-state index contributed by atoms with van der Waals surface area (Å²) in [5, 5.41) is 4.70. The summed E-state index contributed by atoms with van der Waals surface area (Å²) in [7, 11) is 1.63. The fourth-order valence-corrected chi connectivity index (χ4v) is 2.91. The van der Waals surface area contributed by atoms with Crippen LogP contribution in [0, 0.1) is 0 Å². The van der Waals surface area contributed by atoms with Crippen molar-refractivity contribution >= 4 is 28.9 Å². The van der Waals surface area contributed by atoms with Crippen molar-refractivity contribution in [3.05, 3.63) is 87.9 Å². The molecular formula is C21H19Cl2NO2. The molecule has 5 heteroatoms. The van der Waals surface area contributed by atoms with E-state index in [4.69, 9.17) is 32.7 Å². The number of hydrogen-bond donors (Lipinski definition) is 1. The normalized spacial score (nSPS) is 10.4. The van der Waals surface area contributed by atoms with Crippen LogP contribution in [0.3, 0.4) is 0 Å². The van der Waals surface area contributed by atoms with Gasteiger partial charge >= 0.3 is 0 Å². The lowest BCUT2D eigenvalue weighted by molar-refractivity contribution is 0.284. The lowest BCUT2D eigenvalue weighted by Gasteiger charge is -2.14. The zero-order valence-corrected chi connectivity index (χ0v) is 15.8. The number of benzene rings is 3. The van der Waals surface area contributed by atoms with E-state index in [9.17, 15) is 0 Å². The fourth-order valence-electron chi connectivity index (χ4n) is 2.51. The number of anilines is 1. The molecule has 0 saturated heterocycles. The van der Waals surface area contributed by atoms with Crippen molar-refractivity contribution in [3.8, 4) is 11.5 Å². The second kappa shape index (κ2) is 8.84. The molecule has 3 nitrogen and oxygen atoms in total. The average Bonchev–Trinajstić information content (AvgIpc) is 2.67. The Bertz CT molecular complexity index is 883. The molecule has 26 heavy (non-hydrogen) atoms. The molecule has 3 rings (SSSR count). The van der Waals surface area contributed by atoms with Gasteiger partial charge in [0.25, 0.3) is 0 Å². The highest BCUT2D eigenvalue weighted by Gasteiger charge is 2.08. The van der Waals surface area contributed by atoms with E-state index in [1.54, 1.807) is 7.11 Å². The minimum Gasteiger partial charge on any atom is -0.493 e. The van der Waals surface area contributed by atoms with E-state index in [-0.39, 0.29) is 0 Å². The summed E-state index contributed by atoms with van der Waals surface area (Å²) in [5.74, 6) is 1.35. The predicted molar refractivity (Wildman–Crippen MR) is 108 cm³/mol. The molecule has 0 aromatic heterocycles. The van der Waals surface area contributed by atoms with Gasteiger partial charge in [0, 0.05) is 17.1 Å². The molecule has 3 aromatic carbocycles. The van der Waals surface area contributed by atoms with Gasteiger partial charge in [-0.2, -0.15) is 0 Å². The first-order valence-electron chi connectivity index (χ1n) is 8.19. The van der Waals surface area contributed by atoms with Gasteiger partial charge in [0.1, 0.15) is 6.61 Å². The number of halogens is 2. The average molecular weight is 388 g/mol. The highest BCUT2D eigenvalue weighted by atomic mass is 35.5. The van der Waals surface area contributed by atoms with E-state index in [1.165, 1.54) is 0 Å². The van der Waals surface area contributed by atoms with E-state index >= 15 is 0 Å². The molecule has 0 radical (unpaired) electrons. The first kappa shape index (κ1) is 18.4. The molecular weight excluding hydrogens is 369 g/mol. The Labute approximate surface area is 163 Å². The second-order valence-electron chi connectivity index (χ2n) is 5.70. The lowest BCUT2D eigenvalue weighted by atomic mass is 10.2. The lowest BCUT2D eigenvalue weighted by Crippen LogP contribution is -2.02. The van der Waals surface area contributed by atoms with Gasteiger partial charge in [0.15, 0.2) is 11.5 Å². The van der Waals surface area contributed by atoms with E-state index in [1.807, 2.05) is 66.7 Å². The number of ether oxygens (including phenoxy) is 2. The van der Waals surface area contributed by atoms with Gasteiger partial charge < -0.3 is 14.8 Å². The van der Waals surface area contributed by atoms with Gasteiger partial charge in [-0.15, -0.1) is 0 Å². The molecule has 0 aliphatic rings. The molecule has 0 spiro atoms. The van der Waals surface area contributed by atoms with Crippen LogP contribution in [-0.2, 0) is 13.2 Å². The molecule has 0 amide bonds. The van der Waals surface area contributed by atoms with Crippen LogP contribution in [0.15, 0.2) is 66.7 Å². The third-order valence-corrected chi connectivity index (χ3v) is 4.62. The van der Waals surface area contributed by atoms with Crippen LogP contribution >= 0.6 is 23.2 Å². The Hall–Kier alpha value is -2.36. The molecule has 0 saturated carbocycles. The summed E-state index contributed by atoms with van der Waals surface area (Å²) < 4.78 is 11.3. The van der Waals surface area contributed by atoms with E-state index in [0.29, 0.717) is 34.7 Å². The van der Waals surface area contributed by atoms with Gasteiger partial charge in [-0.1, -0.05) is 59.6 Å². The summed E-state index contributed by atoms with van der Waals surface area (Å²) in [6.45, 7) is 1.01. The second-order valence-corrected chi connectivity index (χ2v) is 6.51. The van der Waals surface area contributed by atoms with Gasteiger partial charge in [-0.25, -0.2) is 0 Å². The molecule has 0 aliphatic carbocycles. The van der Waals surface area contributed by atoms with Crippen LogP contribution < -0.4 is 14.8 Å². The largest absolute Gasteiger partial charge is 0.493 e. The molecule has 1 N–H and O–H groups in total. The highest BCUT2D eigenvalue weighted by molar-refractivity contribution is 6.33.